The van der Waals surface area contributed by atoms with Crippen molar-refractivity contribution in [1.29, 1.82) is 5.53 Å². The largest absolute Gasteiger partial charge is 0.399 e. The minimum Gasteiger partial charge on any atom is -0.399 e. The normalized spacial score (nSPS) is 10.2. The molecular formula is C16H19N4+. The van der Waals surface area contributed by atoms with E-state index < -0.39 is 0 Å². The van der Waals surface area contributed by atoms with E-state index in [0.29, 0.717) is 0 Å². The molecular weight excluding hydrogens is 248 g/mol. The molecule has 20 heavy (non-hydrogen) atoms. The lowest BCUT2D eigenvalue weighted by Gasteiger charge is -2.15. The van der Waals surface area contributed by atoms with Crippen LogP contribution in [-0.4, -0.2) is 0 Å². The number of hydrogen-bond donors (Lipinski definition) is 2. The van der Waals surface area contributed by atoms with Crippen LogP contribution in [-0.2, 0) is 0 Å². The standard InChI is InChI=1S/C16H18N4/c1-9-11(3)15(17)7-5-13(9)14-6-8-16(19-20-18)12(4)10(14)2/h5-8,17-18H,1-4H3/p+1. The summed E-state index contributed by atoms with van der Waals surface area (Å²) in [5, 5.41) is 3.83. The molecule has 2 aromatic rings. The van der Waals surface area contributed by atoms with Crippen LogP contribution < -0.4 is 10.6 Å². The highest BCUT2D eigenvalue weighted by Gasteiger charge is 2.13. The number of nitrogens with zero attached hydrogens (tertiary/aromatic N) is 2. The molecule has 0 bridgehead atoms. The molecule has 0 saturated carbocycles. The minimum absolute atomic E-state index is 0.742. The Balaban J connectivity index is 2.69. The van der Waals surface area contributed by atoms with Gasteiger partial charge in [-0.15, -0.1) is 0 Å². The summed E-state index contributed by atoms with van der Waals surface area (Å²) in [6, 6.07) is 7.94. The first kappa shape index (κ1) is 14.0. The fourth-order valence-corrected chi connectivity index (χ4v) is 2.39. The molecule has 0 radical (unpaired) electrons. The van der Waals surface area contributed by atoms with Gasteiger partial charge < -0.3 is 5.73 Å². The van der Waals surface area contributed by atoms with E-state index in [0.717, 1.165) is 28.1 Å². The molecule has 0 amide bonds. The Labute approximate surface area is 118 Å². The van der Waals surface area contributed by atoms with Crippen molar-refractivity contribution in [2.75, 3.05) is 5.73 Å². The Bertz CT molecular complexity index is 726. The van der Waals surface area contributed by atoms with E-state index in [1.54, 1.807) is 0 Å². The maximum absolute atomic E-state index is 6.86. The molecule has 0 unspecified atom stereocenters. The van der Waals surface area contributed by atoms with Crippen molar-refractivity contribution in [3.63, 3.8) is 0 Å². The van der Waals surface area contributed by atoms with Crippen molar-refractivity contribution >= 4 is 11.4 Å². The predicted molar refractivity (Wildman–Crippen MR) is 82.2 cm³/mol. The molecule has 0 spiro atoms. The molecule has 0 saturated heterocycles. The summed E-state index contributed by atoms with van der Waals surface area (Å²) in [6.07, 6.45) is 0. The average Bonchev–Trinajstić information content (AvgIpc) is 2.43. The number of rotatable bonds is 2. The number of nitrogens with one attached hydrogen (secondary N) is 1. The van der Waals surface area contributed by atoms with Crippen LogP contribution in [0.5, 0.6) is 0 Å². The van der Waals surface area contributed by atoms with Gasteiger partial charge in [0.15, 0.2) is 10.8 Å². The third-order valence-electron chi connectivity index (χ3n) is 4.04. The van der Waals surface area contributed by atoms with E-state index >= 15 is 0 Å². The molecule has 0 aromatic heterocycles. The van der Waals surface area contributed by atoms with E-state index in [1.165, 1.54) is 16.7 Å². The zero-order chi connectivity index (χ0) is 14.9. The van der Waals surface area contributed by atoms with Gasteiger partial charge in [-0.2, -0.15) is 0 Å². The van der Waals surface area contributed by atoms with Gasteiger partial charge in [0.25, 0.3) is 0 Å². The van der Waals surface area contributed by atoms with Gasteiger partial charge in [0.05, 0.1) is 0 Å². The highest BCUT2D eigenvalue weighted by Crippen LogP contribution is 2.34. The number of benzene rings is 2. The van der Waals surface area contributed by atoms with Crippen molar-refractivity contribution in [3.8, 4) is 11.1 Å². The fraction of sp³-hybridized carbons (Fsp3) is 0.250. The fourth-order valence-electron chi connectivity index (χ4n) is 2.39. The highest BCUT2D eigenvalue weighted by molar-refractivity contribution is 5.77. The Morgan fingerprint density at radius 3 is 2.00 bits per heavy atom. The summed E-state index contributed by atoms with van der Waals surface area (Å²) >= 11 is 0. The van der Waals surface area contributed by atoms with Crippen molar-refractivity contribution in [2.24, 2.45) is 5.11 Å². The van der Waals surface area contributed by atoms with E-state index in [1.807, 2.05) is 32.0 Å². The molecule has 0 fully saturated rings. The van der Waals surface area contributed by atoms with E-state index in [-0.39, 0.29) is 0 Å². The summed E-state index contributed by atoms with van der Waals surface area (Å²) in [5.41, 5.74) is 21.2. The Hall–Kier alpha value is -2.45. The first-order chi connectivity index (χ1) is 9.47. The van der Waals surface area contributed by atoms with Gasteiger partial charge in [0, 0.05) is 5.69 Å². The second-order valence-electron chi connectivity index (χ2n) is 5.03. The molecule has 0 aliphatic heterocycles. The monoisotopic (exact) mass is 267 g/mol. The molecule has 102 valence electrons. The summed E-state index contributed by atoms with van der Waals surface area (Å²) < 4.78 is 0. The van der Waals surface area contributed by atoms with Crippen LogP contribution in [0.25, 0.3) is 11.1 Å². The van der Waals surface area contributed by atoms with E-state index in [2.05, 4.69) is 29.9 Å². The molecule has 3 N–H and O–H groups in total. The quantitative estimate of drug-likeness (QED) is 0.473. The lowest BCUT2D eigenvalue weighted by Crippen LogP contribution is -1.96. The lowest BCUT2D eigenvalue weighted by molar-refractivity contribution is 0.986. The van der Waals surface area contributed by atoms with Crippen molar-refractivity contribution in [3.05, 3.63) is 46.5 Å². The van der Waals surface area contributed by atoms with Crippen LogP contribution >= 0.6 is 0 Å². The second-order valence-corrected chi connectivity index (χ2v) is 5.03. The minimum atomic E-state index is 0.742. The van der Waals surface area contributed by atoms with Crippen LogP contribution in [0.1, 0.15) is 22.3 Å². The Morgan fingerprint density at radius 1 is 0.850 bits per heavy atom. The SMILES string of the molecule is Cc1c(N)ccc(-c2ccc(N=[N+]=N)c(C)c2C)c1C. The van der Waals surface area contributed by atoms with Gasteiger partial charge in [-0.1, -0.05) is 12.1 Å². The van der Waals surface area contributed by atoms with Gasteiger partial charge in [-0.05, 0) is 73.2 Å². The first-order valence-corrected chi connectivity index (χ1v) is 6.51. The zero-order valence-corrected chi connectivity index (χ0v) is 12.3. The third kappa shape index (κ3) is 2.22. The van der Waals surface area contributed by atoms with Crippen molar-refractivity contribution < 1.29 is 0 Å². The summed E-state index contributed by atoms with van der Waals surface area (Å²) in [5.74, 6) is 0. The van der Waals surface area contributed by atoms with Crippen LogP contribution in [0.4, 0.5) is 11.4 Å². The van der Waals surface area contributed by atoms with E-state index in [4.69, 9.17) is 11.3 Å². The van der Waals surface area contributed by atoms with Gasteiger partial charge >= 0.3 is 0 Å². The van der Waals surface area contributed by atoms with Crippen LogP contribution in [0.2, 0.25) is 0 Å². The Morgan fingerprint density at radius 2 is 1.40 bits per heavy atom. The summed E-state index contributed by atoms with van der Waals surface area (Å²) in [4.78, 5) is 3.11. The number of nitrogen functional groups attached to an aromatic ring is 1. The molecule has 4 heteroatoms. The van der Waals surface area contributed by atoms with E-state index in [9.17, 15) is 0 Å². The van der Waals surface area contributed by atoms with Crippen LogP contribution in [0.3, 0.4) is 0 Å². The second kappa shape index (κ2) is 5.27. The molecule has 0 heterocycles. The number of anilines is 1. The average molecular weight is 267 g/mol. The summed E-state index contributed by atoms with van der Waals surface area (Å²) in [6.45, 7) is 8.20. The number of hydrogen-bond acceptors (Lipinski definition) is 3. The number of nitrogens with two attached hydrogens (primary N) is 1. The highest BCUT2D eigenvalue weighted by atomic mass is 15.1. The van der Waals surface area contributed by atoms with Crippen molar-refractivity contribution in [2.45, 2.75) is 27.7 Å². The first-order valence-electron chi connectivity index (χ1n) is 6.51. The molecule has 0 aliphatic carbocycles. The van der Waals surface area contributed by atoms with Gasteiger partial charge in [-0.25, -0.2) is 0 Å². The smallest absolute Gasteiger partial charge is 0.220 e. The predicted octanol–water partition coefficient (Wildman–Crippen LogP) is 4.35. The lowest BCUT2D eigenvalue weighted by atomic mass is 9.91. The van der Waals surface area contributed by atoms with Crippen molar-refractivity contribution in [1.82, 2.24) is 4.91 Å². The maximum Gasteiger partial charge on any atom is 0.220 e. The zero-order valence-electron chi connectivity index (χ0n) is 12.3. The van der Waals surface area contributed by atoms with Crippen LogP contribution in [0, 0.1) is 33.2 Å². The molecule has 4 nitrogen and oxygen atoms in total. The third-order valence-corrected chi connectivity index (χ3v) is 4.04. The Kier molecular flexibility index (Phi) is 3.68. The van der Waals surface area contributed by atoms with Gasteiger partial charge in [-0.3, -0.25) is 0 Å². The topological polar surface area (TPSA) is 76.3 Å². The summed E-state index contributed by atoms with van der Waals surface area (Å²) in [7, 11) is 0. The maximum atomic E-state index is 6.86. The molecule has 2 rings (SSSR count). The van der Waals surface area contributed by atoms with Crippen LogP contribution in [0.15, 0.2) is 29.4 Å². The van der Waals surface area contributed by atoms with Gasteiger partial charge in [0.2, 0.25) is 4.91 Å². The van der Waals surface area contributed by atoms with Gasteiger partial charge in [0.1, 0.15) is 5.53 Å². The molecule has 0 atom stereocenters. The molecule has 0 aliphatic rings. The molecule has 2 aromatic carbocycles.